The van der Waals surface area contributed by atoms with Crippen LogP contribution in [-0.2, 0) is 0 Å². The predicted molar refractivity (Wildman–Crippen MR) is 74.4 cm³/mol. The second kappa shape index (κ2) is 5.10. The number of rotatable bonds is 4. The van der Waals surface area contributed by atoms with E-state index >= 15 is 0 Å². The van der Waals surface area contributed by atoms with Crippen LogP contribution < -0.4 is 5.32 Å². The molecule has 1 aliphatic heterocycles. The summed E-state index contributed by atoms with van der Waals surface area (Å²) in [6.45, 7) is 2.10. The first-order valence-electron chi connectivity index (χ1n) is 6.86. The second-order valence-corrected chi connectivity index (χ2v) is 5.46. The van der Waals surface area contributed by atoms with Crippen LogP contribution in [0.1, 0.15) is 24.8 Å². The fraction of sp³-hybridized carbons (Fsp3) is 0.500. The lowest BCUT2D eigenvalue weighted by molar-refractivity contribution is -0.385. The summed E-state index contributed by atoms with van der Waals surface area (Å²) in [6, 6.07) is 7.65. The van der Waals surface area contributed by atoms with Gasteiger partial charge < -0.3 is 5.32 Å². The van der Waals surface area contributed by atoms with Gasteiger partial charge in [0.2, 0.25) is 0 Å². The molecule has 0 spiro atoms. The molecule has 2 aliphatic rings. The number of likely N-dealkylation sites (tertiary alicyclic amines) is 1. The average molecular weight is 272 g/mol. The van der Waals surface area contributed by atoms with E-state index < -0.39 is 4.92 Å². The summed E-state index contributed by atoms with van der Waals surface area (Å²) in [6.07, 6.45) is 3.66. The molecule has 6 nitrogen and oxygen atoms in total. The van der Waals surface area contributed by atoms with Crippen LogP contribution in [0.25, 0.3) is 0 Å². The molecule has 1 unspecified atom stereocenters. The Hall–Kier alpha value is -2.13. The Balaban J connectivity index is 1.70. The Labute approximate surface area is 117 Å². The Morgan fingerprint density at radius 2 is 2.20 bits per heavy atom. The lowest BCUT2D eigenvalue weighted by Crippen LogP contribution is -2.27. The first-order chi connectivity index (χ1) is 9.67. The van der Waals surface area contributed by atoms with E-state index in [9.17, 15) is 10.1 Å². The van der Waals surface area contributed by atoms with Crippen molar-refractivity contribution in [1.82, 2.24) is 4.90 Å². The first-order valence-corrected chi connectivity index (χ1v) is 6.86. The summed E-state index contributed by atoms with van der Waals surface area (Å²) in [4.78, 5) is 12.9. The van der Waals surface area contributed by atoms with E-state index in [-0.39, 0.29) is 11.3 Å². The normalized spacial score (nSPS) is 22.4. The van der Waals surface area contributed by atoms with Crippen LogP contribution in [0.2, 0.25) is 0 Å². The van der Waals surface area contributed by atoms with E-state index in [4.69, 9.17) is 5.26 Å². The summed E-state index contributed by atoms with van der Waals surface area (Å²) in [7, 11) is 0. The minimum absolute atomic E-state index is 0.103. The van der Waals surface area contributed by atoms with E-state index in [0.717, 1.165) is 31.2 Å². The summed E-state index contributed by atoms with van der Waals surface area (Å²) < 4.78 is 0. The van der Waals surface area contributed by atoms with E-state index in [0.29, 0.717) is 6.04 Å². The lowest BCUT2D eigenvalue weighted by Gasteiger charge is -2.16. The zero-order valence-electron chi connectivity index (χ0n) is 11.1. The van der Waals surface area contributed by atoms with E-state index in [1.54, 1.807) is 6.07 Å². The smallest absolute Gasteiger partial charge is 0.289 e. The fourth-order valence-electron chi connectivity index (χ4n) is 2.78. The predicted octanol–water partition coefficient (Wildman–Crippen LogP) is 2.12. The van der Waals surface area contributed by atoms with Crippen LogP contribution >= 0.6 is 0 Å². The molecule has 1 aliphatic carbocycles. The third kappa shape index (κ3) is 2.58. The van der Waals surface area contributed by atoms with Gasteiger partial charge in [-0.2, -0.15) is 5.26 Å². The van der Waals surface area contributed by atoms with Crippen molar-refractivity contribution in [2.45, 2.75) is 31.3 Å². The molecule has 104 valence electrons. The maximum absolute atomic E-state index is 10.9. The molecule has 1 atom stereocenters. The molecule has 1 saturated heterocycles. The minimum atomic E-state index is -0.505. The highest BCUT2D eigenvalue weighted by Crippen LogP contribution is 2.31. The van der Waals surface area contributed by atoms with Crippen molar-refractivity contribution >= 4 is 11.4 Å². The van der Waals surface area contributed by atoms with Crippen LogP contribution in [-0.4, -0.2) is 35.0 Å². The Morgan fingerprint density at radius 3 is 2.85 bits per heavy atom. The van der Waals surface area contributed by atoms with Gasteiger partial charge in [-0.1, -0.05) is 0 Å². The Morgan fingerprint density at radius 1 is 1.40 bits per heavy atom. The molecule has 1 saturated carbocycles. The number of benzene rings is 1. The van der Waals surface area contributed by atoms with Gasteiger partial charge in [0.15, 0.2) is 0 Å². The zero-order valence-corrected chi connectivity index (χ0v) is 11.1. The highest BCUT2D eigenvalue weighted by atomic mass is 16.6. The highest BCUT2D eigenvalue weighted by Gasteiger charge is 2.34. The summed E-state index contributed by atoms with van der Waals surface area (Å²) in [5.41, 5.74) is 0.694. The van der Waals surface area contributed by atoms with Crippen LogP contribution in [0.4, 0.5) is 11.4 Å². The second-order valence-electron chi connectivity index (χ2n) is 5.46. The monoisotopic (exact) mass is 272 g/mol. The molecule has 1 heterocycles. The van der Waals surface area contributed by atoms with Crippen LogP contribution in [0.3, 0.4) is 0 Å². The third-order valence-electron chi connectivity index (χ3n) is 3.97. The van der Waals surface area contributed by atoms with E-state index in [1.165, 1.54) is 25.0 Å². The molecule has 2 fully saturated rings. The molecule has 0 amide bonds. The van der Waals surface area contributed by atoms with Crippen molar-refractivity contribution in [2.24, 2.45) is 0 Å². The van der Waals surface area contributed by atoms with Gasteiger partial charge in [-0.3, -0.25) is 15.0 Å². The SMILES string of the molecule is N#Cc1ccc(NC2CCN(C3CC3)C2)cc1[N+](=O)[O-]. The fourth-order valence-corrected chi connectivity index (χ4v) is 2.78. The van der Waals surface area contributed by atoms with Crippen molar-refractivity contribution in [3.8, 4) is 6.07 Å². The van der Waals surface area contributed by atoms with Gasteiger partial charge in [0.25, 0.3) is 5.69 Å². The van der Waals surface area contributed by atoms with Crippen molar-refractivity contribution < 1.29 is 4.92 Å². The van der Waals surface area contributed by atoms with Gasteiger partial charge in [0, 0.05) is 36.9 Å². The lowest BCUT2D eigenvalue weighted by atomic mass is 10.1. The topological polar surface area (TPSA) is 82.2 Å². The maximum Gasteiger partial charge on any atom is 0.289 e. The van der Waals surface area contributed by atoms with Gasteiger partial charge in [-0.15, -0.1) is 0 Å². The van der Waals surface area contributed by atoms with E-state index in [2.05, 4.69) is 10.2 Å². The standard InChI is InChI=1S/C14H16N4O2/c15-8-10-1-2-11(7-14(10)18(19)20)16-12-5-6-17(9-12)13-3-4-13/h1-2,7,12-13,16H,3-6,9H2. The molecule has 6 heteroatoms. The van der Waals surface area contributed by atoms with Crippen molar-refractivity contribution in [3.63, 3.8) is 0 Å². The van der Waals surface area contributed by atoms with Gasteiger partial charge in [0.1, 0.15) is 11.6 Å². The van der Waals surface area contributed by atoms with Gasteiger partial charge in [0.05, 0.1) is 4.92 Å². The maximum atomic E-state index is 10.9. The quantitative estimate of drug-likeness (QED) is 0.670. The largest absolute Gasteiger partial charge is 0.381 e. The van der Waals surface area contributed by atoms with Gasteiger partial charge in [-0.25, -0.2) is 0 Å². The van der Waals surface area contributed by atoms with Gasteiger partial charge in [-0.05, 0) is 31.4 Å². The molecule has 0 radical (unpaired) electrons. The molecule has 20 heavy (non-hydrogen) atoms. The number of hydrogen-bond acceptors (Lipinski definition) is 5. The molecule has 1 aromatic rings. The first kappa shape index (κ1) is 12.9. The molecule has 0 bridgehead atoms. The van der Waals surface area contributed by atoms with Crippen LogP contribution in [0, 0.1) is 21.4 Å². The van der Waals surface area contributed by atoms with Crippen molar-refractivity contribution in [2.75, 3.05) is 18.4 Å². The van der Waals surface area contributed by atoms with Crippen LogP contribution in [0.15, 0.2) is 18.2 Å². The van der Waals surface area contributed by atoms with Crippen LogP contribution in [0.5, 0.6) is 0 Å². The third-order valence-corrected chi connectivity index (χ3v) is 3.97. The minimum Gasteiger partial charge on any atom is -0.381 e. The Bertz CT molecular complexity index is 577. The van der Waals surface area contributed by atoms with Gasteiger partial charge >= 0.3 is 0 Å². The summed E-state index contributed by atoms with van der Waals surface area (Å²) in [5, 5.41) is 23.1. The number of nitro groups is 1. The Kier molecular flexibility index (Phi) is 3.28. The highest BCUT2D eigenvalue weighted by molar-refractivity contribution is 5.59. The molecular formula is C14H16N4O2. The number of nitriles is 1. The summed E-state index contributed by atoms with van der Waals surface area (Å²) in [5.74, 6) is 0. The van der Waals surface area contributed by atoms with Crippen molar-refractivity contribution in [1.29, 1.82) is 5.26 Å². The number of nitro benzene ring substituents is 1. The number of nitrogens with zero attached hydrogens (tertiary/aromatic N) is 3. The summed E-state index contributed by atoms with van der Waals surface area (Å²) >= 11 is 0. The zero-order chi connectivity index (χ0) is 14.1. The van der Waals surface area contributed by atoms with E-state index in [1.807, 2.05) is 6.07 Å². The number of nitrogens with one attached hydrogen (secondary N) is 1. The molecule has 0 aromatic heterocycles. The van der Waals surface area contributed by atoms with Crippen molar-refractivity contribution in [3.05, 3.63) is 33.9 Å². The molecule has 1 N–H and O–H groups in total. The molecular weight excluding hydrogens is 256 g/mol. The molecule has 3 rings (SSSR count). The number of anilines is 1. The number of hydrogen-bond donors (Lipinski definition) is 1. The average Bonchev–Trinajstić information content (AvgIpc) is 3.19. The molecule has 1 aromatic carbocycles.